The van der Waals surface area contributed by atoms with E-state index in [0.717, 1.165) is 30.8 Å². The summed E-state index contributed by atoms with van der Waals surface area (Å²) >= 11 is 0. The van der Waals surface area contributed by atoms with Gasteiger partial charge in [0, 0.05) is 19.6 Å². The Morgan fingerprint density at radius 2 is 2.23 bits per heavy atom. The molecule has 0 bridgehead atoms. The molecule has 13 heavy (non-hydrogen) atoms. The number of hydrogen-bond donors (Lipinski definition) is 1. The van der Waals surface area contributed by atoms with Crippen molar-refractivity contribution in [1.82, 2.24) is 15.0 Å². The van der Waals surface area contributed by atoms with Crippen molar-refractivity contribution in [2.24, 2.45) is 0 Å². The van der Waals surface area contributed by atoms with Crippen molar-refractivity contribution in [3.05, 3.63) is 11.4 Å². The van der Waals surface area contributed by atoms with Crippen molar-refractivity contribution >= 4 is 0 Å². The zero-order chi connectivity index (χ0) is 9.68. The van der Waals surface area contributed by atoms with Gasteiger partial charge in [-0.1, -0.05) is 18.6 Å². The topological polar surface area (TPSA) is 50.9 Å². The number of nitrogens with zero attached hydrogens (tertiary/aromatic N) is 3. The van der Waals surface area contributed by atoms with Crippen molar-refractivity contribution in [3.63, 3.8) is 0 Å². The van der Waals surface area contributed by atoms with Crippen LogP contribution in [-0.2, 0) is 13.0 Å². The van der Waals surface area contributed by atoms with Crippen LogP contribution in [0.15, 0.2) is 0 Å². The van der Waals surface area contributed by atoms with Gasteiger partial charge in [0.05, 0.1) is 11.4 Å². The van der Waals surface area contributed by atoms with Crippen LogP contribution in [0.3, 0.4) is 0 Å². The van der Waals surface area contributed by atoms with Crippen LogP contribution in [-0.4, -0.2) is 26.7 Å². The third-order valence-electron chi connectivity index (χ3n) is 2.15. The number of aliphatic hydroxyl groups is 1. The lowest BCUT2D eigenvalue weighted by atomic mass is 10.2. The number of rotatable bonds is 5. The van der Waals surface area contributed by atoms with Crippen LogP contribution in [0.4, 0.5) is 0 Å². The third kappa shape index (κ3) is 2.52. The molecule has 0 atom stereocenters. The molecule has 1 aromatic rings. The van der Waals surface area contributed by atoms with Gasteiger partial charge in [-0.15, -0.1) is 5.10 Å². The van der Waals surface area contributed by atoms with Gasteiger partial charge in [-0.25, -0.2) is 4.68 Å². The van der Waals surface area contributed by atoms with Gasteiger partial charge in [-0.2, -0.15) is 0 Å². The number of aromatic nitrogens is 3. The first-order valence-corrected chi connectivity index (χ1v) is 4.79. The molecule has 1 aromatic heterocycles. The Kier molecular flexibility index (Phi) is 3.89. The monoisotopic (exact) mass is 183 g/mol. The number of unbranched alkanes of at least 4 members (excludes halogenated alkanes) is 1. The summed E-state index contributed by atoms with van der Waals surface area (Å²) in [6.45, 7) is 5.23. The maximum atomic E-state index is 8.75. The first-order chi connectivity index (χ1) is 6.29. The van der Waals surface area contributed by atoms with E-state index in [9.17, 15) is 0 Å². The molecule has 0 aromatic carbocycles. The van der Waals surface area contributed by atoms with Gasteiger partial charge < -0.3 is 5.11 Å². The molecule has 0 aliphatic carbocycles. The van der Waals surface area contributed by atoms with Crippen LogP contribution in [0, 0.1) is 6.92 Å². The molecule has 1 rings (SSSR count). The summed E-state index contributed by atoms with van der Waals surface area (Å²) in [6, 6.07) is 0. The predicted octanol–water partition coefficient (Wildman–Crippen LogP) is 0.921. The lowest BCUT2D eigenvalue weighted by Crippen LogP contribution is -2.03. The minimum Gasteiger partial charge on any atom is -0.396 e. The van der Waals surface area contributed by atoms with E-state index in [1.165, 1.54) is 0 Å². The SMILES string of the molecule is CCCCn1nnc(CCO)c1C. The summed E-state index contributed by atoms with van der Waals surface area (Å²) < 4.78 is 1.91. The fourth-order valence-corrected chi connectivity index (χ4v) is 1.25. The summed E-state index contributed by atoms with van der Waals surface area (Å²) in [5.74, 6) is 0. The molecule has 4 nitrogen and oxygen atoms in total. The van der Waals surface area contributed by atoms with E-state index in [4.69, 9.17) is 5.11 Å². The zero-order valence-electron chi connectivity index (χ0n) is 8.32. The van der Waals surface area contributed by atoms with E-state index in [1.54, 1.807) is 0 Å². The summed E-state index contributed by atoms with van der Waals surface area (Å²) in [4.78, 5) is 0. The second-order valence-corrected chi connectivity index (χ2v) is 3.17. The molecule has 0 saturated carbocycles. The maximum Gasteiger partial charge on any atom is 0.0879 e. The van der Waals surface area contributed by atoms with Gasteiger partial charge in [0.25, 0.3) is 0 Å². The van der Waals surface area contributed by atoms with E-state index >= 15 is 0 Å². The van der Waals surface area contributed by atoms with Crippen molar-refractivity contribution in [2.45, 2.75) is 39.7 Å². The van der Waals surface area contributed by atoms with Crippen LogP contribution >= 0.6 is 0 Å². The van der Waals surface area contributed by atoms with Crippen molar-refractivity contribution < 1.29 is 5.11 Å². The molecular formula is C9H17N3O. The molecule has 74 valence electrons. The quantitative estimate of drug-likeness (QED) is 0.738. The summed E-state index contributed by atoms with van der Waals surface area (Å²) in [5.41, 5.74) is 2.00. The fraction of sp³-hybridized carbons (Fsp3) is 0.778. The minimum atomic E-state index is 0.146. The van der Waals surface area contributed by atoms with E-state index < -0.39 is 0 Å². The molecule has 0 saturated heterocycles. The highest BCUT2D eigenvalue weighted by atomic mass is 16.3. The normalized spacial score (nSPS) is 10.7. The molecule has 0 aliphatic rings. The molecule has 0 unspecified atom stereocenters. The van der Waals surface area contributed by atoms with E-state index in [0.29, 0.717) is 6.42 Å². The largest absolute Gasteiger partial charge is 0.396 e. The second-order valence-electron chi connectivity index (χ2n) is 3.17. The molecule has 4 heteroatoms. The highest BCUT2D eigenvalue weighted by Gasteiger charge is 2.06. The molecule has 0 spiro atoms. The lowest BCUT2D eigenvalue weighted by molar-refractivity contribution is 0.298. The van der Waals surface area contributed by atoms with Gasteiger partial charge in [0.1, 0.15) is 0 Å². The molecule has 0 aliphatic heterocycles. The van der Waals surface area contributed by atoms with Crippen molar-refractivity contribution in [3.8, 4) is 0 Å². The smallest absolute Gasteiger partial charge is 0.0879 e. The van der Waals surface area contributed by atoms with Gasteiger partial charge >= 0.3 is 0 Å². The average molecular weight is 183 g/mol. The maximum absolute atomic E-state index is 8.75. The van der Waals surface area contributed by atoms with Crippen LogP contribution in [0.25, 0.3) is 0 Å². The summed E-state index contributed by atoms with van der Waals surface area (Å²) in [5, 5.41) is 16.8. The lowest BCUT2D eigenvalue weighted by Gasteiger charge is -2.01. The van der Waals surface area contributed by atoms with Crippen LogP contribution in [0.5, 0.6) is 0 Å². The first kappa shape index (κ1) is 10.2. The Hall–Kier alpha value is -0.900. The van der Waals surface area contributed by atoms with Gasteiger partial charge in [0.15, 0.2) is 0 Å². The van der Waals surface area contributed by atoms with Crippen LogP contribution in [0.2, 0.25) is 0 Å². The Balaban J connectivity index is 2.62. The van der Waals surface area contributed by atoms with E-state index in [-0.39, 0.29) is 6.61 Å². The van der Waals surface area contributed by atoms with E-state index in [2.05, 4.69) is 17.2 Å². The standard InChI is InChI=1S/C9H17N3O/c1-3-4-6-12-8(2)9(5-7-13)10-11-12/h13H,3-7H2,1-2H3. The Labute approximate surface area is 78.6 Å². The molecule has 0 fully saturated rings. The van der Waals surface area contributed by atoms with Gasteiger partial charge in [-0.05, 0) is 13.3 Å². The number of aliphatic hydroxyl groups excluding tert-OH is 1. The highest BCUT2D eigenvalue weighted by molar-refractivity contribution is 5.07. The number of hydrogen-bond acceptors (Lipinski definition) is 3. The second kappa shape index (κ2) is 4.97. The van der Waals surface area contributed by atoms with Crippen LogP contribution < -0.4 is 0 Å². The molecule has 1 heterocycles. The molecule has 0 amide bonds. The average Bonchev–Trinajstić information content (AvgIpc) is 2.46. The zero-order valence-corrected chi connectivity index (χ0v) is 8.32. The molecule has 0 radical (unpaired) electrons. The summed E-state index contributed by atoms with van der Waals surface area (Å²) in [6.07, 6.45) is 2.90. The van der Waals surface area contributed by atoms with Crippen LogP contribution in [0.1, 0.15) is 31.2 Å². The van der Waals surface area contributed by atoms with Crippen molar-refractivity contribution in [1.29, 1.82) is 0 Å². The predicted molar refractivity (Wildman–Crippen MR) is 50.5 cm³/mol. The van der Waals surface area contributed by atoms with Crippen molar-refractivity contribution in [2.75, 3.05) is 6.61 Å². The first-order valence-electron chi connectivity index (χ1n) is 4.79. The summed E-state index contributed by atoms with van der Waals surface area (Å²) in [7, 11) is 0. The Morgan fingerprint density at radius 1 is 1.46 bits per heavy atom. The number of aryl methyl sites for hydroxylation is 1. The molecular weight excluding hydrogens is 166 g/mol. The Bertz CT molecular complexity index is 257. The third-order valence-corrected chi connectivity index (χ3v) is 2.15. The fourth-order valence-electron chi connectivity index (χ4n) is 1.25. The van der Waals surface area contributed by atoms with Gasteiger partial charge in [0.2, 0.25) is 0 Å². The Morgan fingerprint density at radius 3 is 2.85 bits per heavy atom. The highest BCUT2D eigenvalue weighted by Crippen LogP contribution is 2.05. The minimum absolute atomic E-state index is 0.146. The molecule has 1 N–H and O–H groups in total. The van der Waals surface area contributed by atoms with Gasteiger partial charge in [-0.3, -0.25) is 0 Å². The van der Waals surface area contributed by atoms with E-state index in [1.807, 2.05) is 11.6 Å².